The average Bonchev–Trinajstić information content (AvgIpc) is 3.10. The molecular formula is C25H38N4O2. The van der Waals surface area contributed by atoms with E-state index in [0.29, 0.717) is 12.2 Å². The number of carbonyl (C=O) groups excluding carboxylic acids is 2. The molecule has 2 amide bonds. The molecule has 0 unspecified atom stereocenters. The zero-order chi connectivity index (χ0) is 23.2. The summed E-state index contributed by atoms with van der Waals surface area (Å²) >= 11 is 0. The largest absolute Gasteiger partial charge is 0.331 e. The number of carbonyl (C=O) groups is 2. The molecular weight excluding hydrogens is 388 g/mol. The second-order valence-corrected chi connectivity index (χ2v) is 9.53. The predicted octanol–water partition coefficient (Wildman–Crippen LogP) is 5.23. The number of hydrogen-bond donors (Lipinski definition) is 1. The van der Waals surface area contributed by atoms with Gasteiger partial charge in [0.25, 0.3) is 0 Å². The number of anilines is 1. The number of nitrogens with zero attached hydrogens (tertiary/aromatic N) is 3. The van der Waals surface area contributed by atoms with Gasteiger partial charge < -0.3 is 10.2 Å². The molecule has 0 radical (unpaired) electrons. The third-order valence-electron chi connectivity index (χ3n) is 5.28. The smallest absolute Gasteiger partial charge is 0.245 e. The number of rotatable bonds is 9. The first-order valence-electron chi connectivity index (χ1n) is 11.3. The van der Waals surface area contributed by atoms with Gasteiger partial charge in [0, 0.05) is 23.9 Å². The number of nitrogens with one attached hydrogen (secondary N) is 1. The van der Waals surface area contributed by atoms with Crippen molar-refractivity contribution >= 4 is 17.6 Å². The van der Waals surface area contributed by atoms with E-state index in [0.717, 1.165) is 36.2 Å². The molecule has 0 saturated carbocycles. The summed E-state index contributed by atoms with van der Waals surface area (Å²) in [5, 5.41) is 7.75. The number of amides is 2. The van der Waals surface area contributed by atoms with E-state index < -0.39 is 0 Å². The van der Waals surface area contributed by atoms with Crippen LogP contribution in [0, 0.1) is 6.92 Å². The second-order valence-electron chi connectivity index (χ2n) is 9.53. The van der Waals surface area contributed by atoms with Crippen molar-refractivity contribution in [3.8, 4) is 5.69 Å². The van der Waals surface area contributed by atoms with Crippen LogP contribution in [0.5, 0.6) is 0 Å². The lowest BCUT2D eigenvalue weighted by Crippen LogP contribution is -2.42. The molecule has 0 aliphatic heterocycles. The molecule has 6 nitrogen and oxygen atoms in total. The van der Waals surface area contributed by atoms with Crippen LogP contribution >= 0.6 is 0 Å². The van der Waals surface area contributed by atoms with Gasteiger partial charge in [-0.15, -0.1) is 0 Å². The Kier molecular flexibility index (Phi) is 8.43. The first-order chi connectivity index (χ1) is 14.5. The normalized spacial score (nSPS) is 11.6. The molecule has 1 heterocycles. The lowest BCUT2D eigenvalue weighted by atomic mass is 9.92. The van der Waals surface area contributed by atoms with Gasteiger partial charge in [0.1, 0.15) is 12.4 Å². The van der Waals surface area contributed by atoms with E-state index >= 15 is 0 Å². The van der Waals surface area contributed by atoms with Gasteiger partial charge in [-0.3, -0.25) is 9.59 Å². The highest BCUT2D eigenvalue weighted by molar-refractivity contribution is 5.94. The Hall–Kier alpha value is -2.63. The van der Waals surface area contributed by atoms with Crippen LogP contribution in [0.1, 0.15) is 78.5 Å². The van der Waals surface area contributed by atoms with Crippen LogP contribution in [0.25, 0.3) is 5.69 Å². The minimum Gasteiger partial charge on any atom is -0.331 e. The first kappa shape index (κ1) is 24.6. The van der Waals surface area contributed by atoms with Crippen molar-refractivity contribution < 1.29 is 9.59 Å². The fourth-order valence-corrected chi connectivity index (χ4v) is 3.29. The molecule has 0 aliphatic rings. The van der Waals surface area contributed by atoms with Crippen molar-refractivity contribution in [2.75, 3.05) is 11.9 Å². The number of unbranched alkanes of at least 4 members (excludes halogenated alkanes) is 2. The van der Waals surface area contributed by atoms with Crippen molar-refractivity contribution in [3.05, 3.63) is 41.6 Å². The maximum atomic E-state index is 12.9. The highest BCUT2D eigenvalue weighted by atomic mass is 16.2. The number of benzene rings is 1. The van der Waals surface area contributed by atoms with Gasteiger partial charge >= 0.3 is 0 Å². The lowest BCUT2D eigenvalue weighted by molar-refractivity contribution is -0.136. The predicted molar refractivity (Wildman–Crippen MR) is 127 cm³/mol. The fraction of sp³-hybridized carbons (Fsp3) is 0.560. The molecule has 31 heavy (non-hydrogen) atoms. The second kappa shape index (κ2) is 10.6. The molecule has 1 aromatic heterocycles. The molecule has 0 spiro atoms. The van der Waals surface area contributed by atoms with Crippen LogP contribution in [0.3, 0.4) is 0 Å². The topological polar surface area (TPSA) is 67.2 Å². The Morgan fingerprint density at radius 1 is 1.13 bits per heavy atom. The molecule has 2 aromatic rings. The minimum absolute atomic E-state index is 0.0287. The van der Waals surface area contributed by atoms with Crippen LogP contribution in [-0.2, 0) is 15.0 Å². The van der Waals surface area contributed by atoms with Crippen LogP contribution in [0.15, 0.2) is 30.3 Å². The summed E-state index contributed by atoms with van der Waals surface area (Å²) in [6, 6.07) is 9.90. The van der Waals surface area contributed by atoms with Gasteiger partial charge in [-0.25, -0.2) is 4.68 Å². The van der Waals surface area contributed by atoms with Gasteiger partial charge in [0.2, 0.25) is 11.8 Å². The molecule has 0 atom stereocenters. The van der Waals surface area contributed by atoms with Crippen molar-refractivity contribution in [2.45, 2.75) is 85.6 Å². The molecule has 0 aliphatic carbocycles. The Balaban J connectivity index is 2.23. The zero-order valence-electron chi connectivity index (χ0n) is 20.2. The molecule has 0 fully saturated rings. The molecule has 170 valence electrons. The van der Waals surface area contributed by atoms with Crippen LogP contribution in [-0.4, -0.2) is 39.1 Å². The highest BCUT2D eigenvalue weighted by Gasteiger charge is 2.24. The third kappa shape index (κ3) is 6.94. The lowest BCUT2D eigenvalue weighted by Gasteiger charge is -2.26. The molecule has 1 N–H and O–H groups in total. The van der Waals surface area contributed by atoms with E-state index in [1.165, 1.54) is 0 Å². The van der Waals surface area contributed by atoms with Gasteiger partial charge in [0.05, 0.1) is 11.4 Å². The van der Waals surface area contributed by atoms with E-state index in [2.05, 4.69) is 33.0 Å². The van der Waals surface area contributed by atoms with Gasteiger partial charge in [-0.2, -0.15) is 5.10 Å². The summed E-state index contributed by atoms with van der Waals surface area (Å²) in [6.45, 7) is 14.3. The van der Waals surface area contributed by atoms with E-state index in [4.69, 9.17) is 5.10 Å². The van der Waals surface area contributed by atoms with Gasteiger partial charge in [0.15, 0.2) is 0 Å². The summed E-state index contributed by atoms with van der Waals surface area (Å²) < 4.78 is 1.76. The maximum Gasteiger partial charge on any atom is 0.245 e. The van der Waals surface area contributed by atoms with E-state index in [1.807, 2.05) is 51.1 Å². The quantitative estimate of drug-likeness (QED) is 0.558. The minimum atomic E-state index is -0.216. The third-order valence-corrected chi connectivity index (χ3v) is 5.28. The maximum absolute atomic E-state index is 12.9. The summed E-state index contributed by atoms with van der Waals surface area (Å²) in [5.41, 5.74) is 2.77. The Morgan fingerprint density at radius 3 is 2.32 bits per heavy atom. The van der Waals surface area contributed by atoms with E-state index in [9.17, 15) is 9.59 Å². The molecule has 1 aromatic carbocycles. The molecule has 2 rings (SSSR count). The monoisotopic (exact) mass is 426 g/mol. The zero-order valence-corrected chi connectivity index (χ0v) is 20.2. The van der Waals surface area contributed by atoms with Crippen LogP contribution in [0.4, 0.5) is 5.82 Å². The summed E-state index contributed by atoms with van der Waals surface area (Å²) in [5.74, 6) is 0.424. The Bertz CT molecular complexity index is 876. The Morgan fingerprint density at radius 2 is 1.77 bits per heavy atom. The Labute approximate surface area is 187 Å². The van der Waals surface area contributed by atoms with Gasteiger partial charge in [-0.05, 0) is 39.3 Å². The number of aromatic nitrogens is 2. The standard InChI is InChI=1S/C25H38N4O2/c1-8-9-10-11-24(31)28(18(2)3)17-23(30)26-22-16-21(25(5,6)7)27-29(22)20-14-12-19(4)13-15-20/h12-16,18H,8-11,17H2,1-7H3,(H,26,30). The van der Waals surface area contributed by atoms with Crippen LogP contribution in [0.2, 0.25) is 0 Å². The number of hydrogen-bond acceptors (Lipinski definition) is 3. The van der Waals surface area contributed by atoms with Crippen molar-refractivity contribution in [2.24, 2.45) is 0 Å². The first-order valence-corrected chi connectivity index (χ1v) is 11.3. The van der Waals surface area contributed by atoms with E-state index in [-0.39, 0.29) is 29.8 Å². The van der Waals surface area contributed by atoms with Gasteiger partial charge in [-0.1, -0.05) is 58.2 Å². The van der Waals surface area contributed by atoms with E-state index in [1.54, 1.807) is 9.58 Å². The fourth-order valence-electron chi connectivity index (χ4n) is 3.29. The molecule has 0 saturated heterocycles. The SMILES string of the molecule is CCCCCC(=O)N(CC(=O)Nc1cc(C(C)(C)C)nn1-c1ccc(C)cc1)C(C)C. The summed E-state index contributed by atoms with van der Waals surface area (Å²) in [7, 11) is 0. The van der Waals surface area contributed by atoms with Crippen molar-refractivity contribution in [3.63, 3.8) is 0 Å². The van der Waals surface area contributed by atoms with Crippen molar-refractivity contribution in [1.82, 2.24) is 14.7 Å². The van der Waals surface area contributed by atoms with Crippen molar-refractivity contribution in [1.29, 1.82) is 0 Å². The summed E-state index contributed by atoms with van der Waals surface area (Å²) in [6.07, 6.45) is 3.42. The molecule has 6 heteroatoms. The average molecular weight is 427 g/mol. The summed E-state index contributed by atoms with van der Waals surface area (Å²) in [4.78, 5) is 27.2. The highest BCUT2D eigenvalue weighted by Crippen LogP contribution is 2.26. The van der Waals surface area contributed by atoms with Crippen LogP contribution < -0.4 is 5.32 Å². The number of aryl methyl sites for hydroxylation is 1. The molecule has 0 bridgehead atoms.